The number of hydrogen-bond donors (Lipinski definition) is 2. The summed E-state index contributed by atoms with van der Waals surface area (Å²) < 4.78 is 0. The third kappa shape index (κ3) is 6.49. The Labute approximate surface area is 135 Å². The Kier molecular flexibility index (Phi) is 8.62. The molecule has 114 valence electrons. The van der Waals surface area contributed by atoms with Crippen molar-refractivity contribution < 1.29 is 4.79 Å². The molecule has 0 saturated carbocycles. The second kappa shape index (κ2) is 9.67. The topological polar surface area (TPSA) is 41.1 Å². The fourth-order valence-electron chi connectivity index (χ4n) is 2.24. The molecule has 0 aliphatic heterocycles. The molecule has 0 aromatic carbocycles. The zero-order valence-corrected chi connectivity index (χ0v) is 13.7. The molecule has 0 amide bonds. The maximum absolute atomic E-state index is 10.8. The highest BCUT2D eigenvalue weighted by Gasteiger charge is 2.27. The molecule has 0 radical (unpaired) electrons. The maximum atomic E-state index is 10.8. The Morgan fingerprint density at radius 1 is 1.30 bits per heavy atom. The average Bonchev–Trinajstić information content (AvgIpc) is 2.44. The van der Waals surface area contributed by atoms with E-state index in [0.717, 1.165) is 38.0 Å². The van der Waals surface area contributed by atoms with Crippen molar-refractivity contribution in [3.63, 3.8) is 0 Å². The van der Waals surface area contributed by atoms with E-state index >= 15 is 0 Å². The van der Waals surface area contributed by atoms with E-state index in [1.165, 1.54) is 0 Å². The third-order valence-corrected chi connectivity index (χ3v) is 3.83. The minimum atomic E-state index is -0.280. The molecule has 2 N–H and O–H groups in total. The van der Waals surface area contributed by atoms with E-state index in [9.17, 15) is 4.79 Å². The predicted octanol–water partition coefficient (Wildman–Crippen LogP) is 3.16. The van der Waals surface area contributed by atoms with Crippen LogP contribution < -0.4 is 10.6 Å². The number of carbonyl (C=O) groups is 1. The van der Waals surface area contributed by atoms with Gasteiger partial charge >= 0.3 is 0 Å². The van der Waals surface area contributed by atoms with Gasteiger partial charge in [-0.3, -0.25) is 4.79 Å². The van der Waals surface area contributed by atoms with Crippen LogP contribution in [0.4, 0.5) is 0 Å². The van der Waals surface area contributed by atoms with E-state index in [-0.39, 0.29) is 10.8 Å². The lowest BCUT2D eigenvalue weighted by Crippen LogP contribution is -2.45. The van der Waals surface area contributed by atoms with Crippen LogP contribution in [0.1, 0.15) is 25.7 Å². The third-order valence-electron chi connectivity index (χ3n) is 3.26. The molecule has 1 aliphatic carbocycles. The summed E-state index contributed by atoms with van der Waals surface area (Å²) in [5, 5.41) is 6.44. The molecule has 0 saturated heterocycles. The Morgan fingerprint density at radius 3 is 2.60 bits per heavy atom. The number of alkyl halides is 2. The molecular weight excluding hydrogens is 319 g/mol. The van der Waals surface area contributed by atoms with Crippen LogP contribution in [-0.2, 0) is 4.79 Å². The van der Waals surface area contributed by atoms with Crippen LogP contribution in [0, 0.1) is 0 Å². The van der Waals surface area contributed by atoms with Gasteiger partial charge in [0.15, 0.2) is 0 Å². The zero-order valence-electron chi connectivity index (χ0n) is 11.4. The summed E-state index contributed by atoms with van der Waals surface area (Å²) in [6.07, 6.45) is 9.24. The number of nitrogens with one attached hydrogen (secondary N) is 2. The molecular formula is C14H21Cl3N2O. The molecule has 1 rings (SSSR count). The monoisotopic (exact) mass is 338 g/mol. The highest BCUT2D eigenvalue weighted by Crippen LogP contribution is 2.26. The zero-order chi connectivity index (χ0) is 14.8. The highest BCUT2D eigenvalue weighted by molar-refractivity contribution is 6.63. The van der Waals surface area contributed by atoms with Crippen LogP contribution in [-0.4, -0.2) is 35.6 Å². The van der Waals surface area contributed by atoms with Crippen molar-refractivity contribution in [1.29, 1.82) is 0 Å². The van der Waals surface area contributed by atoms with E-state index in [0.29, 0.717) is 18.2 Å². The molecule has 6 heteroatoms. The summed E-state index contributed by atoms with van der Waals surface area (Å²) in [5.41, 5.74) is 0.954. The fourth-order valence-corrected chi connectivity index (χ4v) is 2.57. The molecule has 0 bridgehead atoms. The van der Waals surface area contributed by atoms with Crippen molar-refractivity contribution in [2.75, 3.05) is 24.8 Å². The number of rotatable bonds is 10. The van der Waals surface area contributed by atoms with Crippen molar-refractivity contribution in [1.82, 2.24) is 10.6 Å². The van der Waals surface area contributed by atoms with Crippen molar-refractivity contribution >= 4 is 40.0 Å². The maximum Gasteiger partial charge on any atom is 0.221 e. The quantitative estimate of drug-likeness (QED) is 0.474. The summed E-state index contributed by atoms with van der Waals surface area (Å²) in [6, 6.07) is 0. The van der Waals surface area contributed by atoms with Crippen LogP contribution in [0.5, 0.6) is 0 Å². The van der Waals surface area contributed by atoms with Crippen molar-refractivity contribution in [3.8, 4) is 0 Å². The van der Waals surface area contributed by atoms with Gasteiger partial charge in [0, 0.05) is 42.5 Å². The standard InChI is InChI=1S/C14H21Cl3N2O/c15-8-10-18-12-3-6-14(7-4-12,19-11-9-16)5-1-2-13(17)20/h3-4,6,18-19H,1-2,5,7-11H2. The fraction of sp³-hybridized carbons (Fsp3) is 0.643. The van der Waals surface area contributed by atoms with Gasteiger partial charge in [-0.2, -0.15) is 0 Å². The van der Waals surface area contributed by atoms with E-state index < -0.39 is 0 Å². The second-order valence-electron chi connectivity index (χ2n) is 4.79. The molecule has 0 heterocycles. The van der Waals surface area contributed by atoms with Gasteiger partial charge in [-0.1, -0.05) is 12.2 Å². The molecule has 1 atom stereocenters. The first kappa shape index (κ1) is 17.8. The van der Waals surface area contributed by atoms with Crippen LogP contribution >= 0.6 is 34.8 Å². The van der Waals surface area contributed by atoms with Crippen LogP contribution in [0.3, 0.4) is 0 Å². The summed E-state index contributed by atoms with van der Waals surface area (Å²) in [6.45, 7) is 1.49. The number of halogens is 3. The molecule has 0 aromatic rings. The van der Waals surface area contributed by atoms with Gasteiger partial charge in [-0.05, 0) is 36.9 Å². The summed E-state index contributed by atoms with van der Waals surface area (Å²) in [4.78, 5) is 10.8. The smallest absolute Gasteiger partial charge is 0.221 e. The SMILES string of the molecule is O=C(Cl)CCCC1(NCCCl)C=CC(NCCCl)=CC1. The first-order valence-electron chi connectivity index (χ1n) is 6.80. The van der Waals surface area contributed by atoms with E-state index in [4.69, 9.17) is 34.8 Å². The lowest BCUT2D eigenvalue weighted by molar-refractivity contribution is -0.111. The minimum Gasteiger partial charge on any atom is -0.384 e. The summed E-state index contributed by atoms with van der Waals surface area (Å²) in [7, 11) is 0. The minimum absolute atomic E-state index is 0.132. The Balaban J connectivity index is 2.56. The summed E-state index contributed by atoms with van der Waals surface area (Å²) >= 11 is 16.8. The van der Waals surface area contributed by atoms with Gasteiger partial charge in [-0.15, -0.1) is 23.2 Å². The first-order valence-corrected chi connectivity index (χ1v) is 8.25. The lowest BCUT2D eigenvalue weighted by Gasteiger charge is -2.34. The largest absolute Gasteiger partial charge is 0.384 e. The van der Waals surface area contributed by atoms with Crippen molar-refractivity contribution in [2.24, 2.45) is 0 Å². The molecule has 0 spiro atoms. The lowest BCUT2D eigenvalue weighted by atomic mass is 9.85. The van der Waals surface area contributed by atoms with Gasteiger partial charge in [-0.25, -0.2) is 0 Å². The van der Waals surface area contributed by atoms with Gasteiger partial charge in [0.05, 0.1) is 0 Å². The van der Waals surface area contributed by atoms with Gasteiger partial charge in [0.1, 0.15) is 0 Å². The predicted molar refractivity (Wildman–Crippen MR) is 86.7 cm³/mol. The normalized spacial score (nSPS) is 21.6. The van der Waals surface area contributed by atoms with Crippen LogP contribution in [0.15, 0.2) is 23.9 Å². The van der Waals surface area contributed by atoms with Crippen molar-refractivity contribution in [2.45, 2.75) is 31.2 Å². The number of allylic oxidation sites excluding steroid dienone is 1. The first-order chi connectivity index (χ1) is 9.62. The van der Waals surface area contributed by atoms with Crippen molar-refractivity contribution in [3.05, 3.63) is 23.9 Å². The van der Waals surface area contributed by atoms with Crippen LogP contribution in [0.2, 0.25) is 0 Å². The molecule has 20 heavy (non-hydrogen) atoms. The molecule has 1 aliphatic rings. The summed E-state index contributed by atoms with van der Waals surface area (Å²) in [5.74, 6) is 1.14. The number of carbonyl (C=O) groups excluding carboxylic acids is 1. The number of hydrogen-bond acceptors (Lipinski definition) is 3. The van der Waals surface area contributed by atoms with E-state index in [1.807, 2.05) is 0 Å². The van der Waals surface area contributed by atoms with Crippen LogP contribution in [0.25, 0.3) is 0 Å². The average molecular weight is 340 g/mol. The Morgan fingerprint density at radius 2 is 2.05 bits per heavy atom. The van der Waals surface area contributed by atoms with Gasteiger partial charge in [0.25, 0.3) is 0 Å². The second-order valence-corrected chi connectivity index (χ2v) is 5.97. The Bertz CT molecular complexity index is 371. The van der Waals surface area contributed by atoms with Gasteiger partial charge in [0.2, 0.25) is 5.24 Å². The molecule has 0 fully saturated rings. The molecule has 0 aromatic heterocycles. The van der Waals surface area contributed by atoms with Gasteiger partial charge < -0.3 is 10.6 Å². The molecule has 1 unspecified atom stereocenters. The highest BCUT2D eigenvalue weighted by atomic mass is 35.5. The van der Waals surface area contributed by atoms with E-state index in [2.05, 4.69) is 28.9 Å². The molecule has 3 nitrogen and oxygen atoms in total. The van der Waals surface area contributed by atoms with E-state index in [1.54, 1.807) is 0 Å². The Hall–Kier alpha value is -0.220.